The first-order valence-corrected chi connectivity index (χ1v) is 9.74. The molecule has 7 heteroatoms. The number of carbonyl (C=O) groups is 2. The lowest BCUT2D eigenvalue weighted by Gasteiger charge is -2.13. The van der Waals surface area contributed by atoms with Crippen LogP contribution in [0.5, 0.6) is 11.5 Å². The fourth-order valence-electron chi connectivity index (χ4n) is 2.45. The van der Waals surface area contributed by atoms with Crippen molar-refractivity contribution in [2.75, 3.05) is 19.8 Å². The van der Waals surface area contributed by atoms with E-state index in [9.17, 15) is 9.59 Å². The van der Waals surface area contributed by atoms with Gasteiger partial charge in [-0.2, -0.15) is 0 Å². The molecule has 0 N–H and O–H groups in total. The van der Waals surface area contributed by atoms with E-state index in [2.05, 4.69) is 6.58 Å². The third-order valence-electron chi connectivity index (χ3n) is 3.82. The van der Waals surface area contributed by atoms with Crippen LogP contribution in [0.15, 0.2) is 66.1 Å². The van der Waals surface area contributed by atoms with E-state index in [1.807, 2.05) is 12.1 Å². The molecule has 0 unspecified atom stereocenters. The van der Waals surface area contributed by atoms with Gasteiger partial charge >= 0.3 is 0 Å². The van der Waals surface area contributed by atoms with Crippen molar-refractivity contribution in [2.24, 2.45) is 0 Å². The van der Waals surface area contributed by atoms with Gasteiger partial charge < -0.3 is 9.47 Å². The van der Waals surface area contributed by atoms with Gasteiger partial charge in [0.15, 0.2) is 0 Å². The molecule has 144 valence electrons. The Morgan fingerprint density at radius 2 is 1.64 bits per heavy atom. The van der Waals surface area contributed by atoms with Crippen molar-refractivity contribution in [1.82, 2.24) is 4.90 Å². The van der Waals surface area contributed by atoms with Crippen LogP contribution < -0.4 is 9.47 Å². The van der Waals surface area contributed by atoms with E-state index in [1.165, 1.54) is 4.90 Å². The molecule has 1 fully saturated rings. The second-order valence-corrected chi connectivity index (χ2v) is 7.23. The maximum absolute atomic E-state index is 12.5. The molecule has 0 aromatic heterocycles. The largest absolute Gasteiger partial charge is 0.492 e. The SMILES string of the molecule is C=CCOc1ccc(/C=C2\SC(=O)N(CCOc3ccc(Cl)cc3)C2=O)cc1. The van der Waals surface area contributed by atoms with Gasteiger partial charge in [0, 0.05) is 5.02 Å². The number of rotatable bonds is 8. The van der Waals surface area contributed by atoms with Gasteiger partial charge in [0.1, 0.15) is 24.7 Å². The molecule has 2 amide bonds. The lowest BCUT2D eigenvalue weighted by Crippen LogP contribution is -2.32. The van der Waals surface area contributed by atoms with E-state index in [4.69, 9.17) is 21.1 Å². The quantitative estimate of drug-likeness (QED) is 0.447. The topological polar surface area (TPSA) is 55.8 Å². The maximum atomic E-state index is 12.5. The summed E-state index contributed by atoms with van der Waals surface area (Å²) in [6.45, 7) is 4.42. The summed E-state index contributed by atoms with van der Waals surface area (Å²) in [6, 6.07) is 14.2. The van der Waals surface area contributed by atoms with Crippen molar-refractivity contribution >= 4 is 40.6 Å². The van der Waals surface area contributed by atoms with E-state index < -0.39 is 0 Å². The van der Waals surface area contributed by atoms with Gasteiger partial charge in [-0.15, -0.1) is 0 Å². The molecule has 0 saturated carbocycles. The molecule has 0 radical (unpaired) electrons. The van der Waals surface area contributed by atoms with Crippen LogP contribution in [-0.2, 0) is 4.79 Å². The molecular weight excluding hydrogens is 398 g/mol. The average molecular weight is 416 g/mol. The molecule has 5 nitrogen and oxygen atoms in total. The predicted molar refractivity (Wildman–Crippen MR) is 112 cm³/mol. The highest BCUT2D eigenvalue weighted by atomic mass is 35.5. The molecule has 2 aromatic rings. The minimum absolute atomic E-state index is 0.180. The molecule has 1 aliphatic heterocycles. The minimum Gasteiger partial charge on any atom is -0.492 e. The molecule has 0 aliphatic carbocycles. The lowest BCUT2D eigenvalue weighted by molar-refractivity contribution is -0.123. The zero-order valence-electron chi connectivity index (χ0n) is 15.0. The number of halogens is 1. The summed E-state index contributed by atoms with van der Waals surface area (Å²) >= 11 is 6.75. The van der Waals surface area contributed by atoms with E-state index in [0.29, 0.717) is 28.0 Å². The Morgan fingerprint density at radius 1 is 1.00 bits per heavy atom. The monoisotopic (exact) mass is 415 g/mol. The van der Waals surface area contributed by atoms with Crippen molar-refractivity contribution in [3.05, 3.63) is 76.7 Å². The number of hydrogen-bond acceptors (Lipinski definition) is 5. The summed E-state index contributed by atoms with van der Waals surface area (Å²) in [4.78, 5) is 26.3. The zero-order chi connectivity index (χ0) is 19.9. The Kier molecular flexibility index (Phi) is 6.79. The van der Waals surface area contributed by atoms with Crippen LogP contribution in [0.1, 0.15) is 5.56 Å². The number of benzene rings is 2. The molecule has 1 aliphatic rings. The van der Waals surface area contributed by atoms with E-state index in [-0.39, 0.29) is 24.3 Å². The second-order valence-electron chi connectivity index (χ2n) is 5.80. The van der Waals surface area contributed by atoms with Crippen molar-refractivity contribution in [2.45, 2.75) is 0 Å². The highest BCUT2D eigenvalue weighted by Gasteiger charge is 2.34. The summed E-state index contributed by atoms with van der Waals surface area (Å²) in [7, 11) is 0. The molecule has 1 saturated heterocycles. The molecule has 28 heavy (non-hydrogen) atoms. The smallest absolute Gasteiger partial charge is 0.293 e. The van der Waals surface area contributed by atoms with Gasteiger partial charge in [-0.1, -0.05) is 36.4 Å². The predicted octanol–water partition coefficient (Wildman–Crippen LogP) is 5.02. The van der Waals surface area contributed by atoms with Crippen molar-refractivity contribution < 1.29 is 19.1 Å². The summed E-state index contributed by atoms with van der Waals surface area (Å²) in [5.74, 6) is 1.02. The van der Waals surface area contributed by atoms with E-state index >= 15 is 0 Å². The number of nitrogens with zero attached hydrogens (tertiary/aromatic N) is 1. The molecule has 0 atom stereocenters. The first-order chi connectivity index (χ1) is 13.6. The highest BCUT2D eigenvalue weighted by Crippen LogP contribution is 2.32. The molecule has 1 heterocycles. The van der Waals surface area contributed by atoms with E-state index in [0.717, 1.165) is 17.3 Å². The number of thioether (sulfide) groups is 1. The Hall–Kier alpha value is -2.70. The number of hydrogen-bond donors (Lipinski definition) is 0. The lowest BCUT2D eigenvalue weighted by atomic mass is 10.2. The first kappa shape index (κ1) is 20.0. The van der Waals surface area contributed by atoms with Crippen LogP contribution in [0, 0.1) is 0 Å². The Labute approximate surface area is 172 Å². The fourth-order valence-corrected chi connectivity index (χ4v) is 3.44. The molecule has 2 aromatic carbocycles. The maximum Gasteiger partial charge on any atom is 0.293 e. The van der Waals surface area contributed by atoms with Crippen LogP contribution in [0.3, 0.4) is 0 Å². The van der Waals surface area contributed by atoms with Crippen molar-refractivity contribution in [3.8, 4) is 11.5 Å². The third-order valence-corrected chi connectivity index (χ3v) is 4.98. The van der Waals surface area contributed by atoms with Gasteiger partial charge in [-0.3, -0.25) is 14.5 Å². The second kappa shape index (κ2) is 9.48. The Balaban J connectivity index is 1.58. The summed E-state index contributed by atoms with van der Waals surface area (Å²) in [5, 5.41) is 0.311. The zero-order valence-corrected chi connectivity index (χ0v) is 16.5. The minimum atomic E-state index is -0.318. The Morgan fingerprint density at radius 3 is 2.32 bits per heavy atom. The van der Waals surface area contributed by atoms with Gasteiger partial charge in [-0.25, -0.2) is 0 Å². The normalized spacial score (nSPS) is 15.2. The summed E-state index contributed by atoms with van der Waals surface area (Å²) in [5.41, 5.74) is 0.814. The van der Waals surface area contributed by atoms with Crippen LogP contribution in [0.2, 0.25) is 5.02 Å². The van der Waals surface area contributed by atoms with Gasteiger partial charge in [0.05, 0.1) is 11.4 Å². The van der Waals surface area contributed by atoms with E-state index in [1.54, 1.807) is 48.6 Å². The molecular formula is C21H18ClNO4S. The van der Waals surface area contributed by atoms with Crippen LogP contribution in [0.25, 0.3) is 6.08 Å². The number of carbonyl (C=O) groups excluding carboxylic acids is 2. The number of imide groups is 1. The van der Waals surface area contributed by atoms with Crippen LogP contribution >= 0.6 is 23.4 Å². The van der Waals surface area contributed by atoms with Crippen molar-refractivity contribution in [1.29, 1.82) is 0 Å². The summed E-state index contributed by atoms with van der Waals surface area (Å²) in [6.07, 6.45) is 3.36. The number of amides is 2. The fraction of sp³-hybridized carbons (Fsp3) is 0.143. The van der Waals surface area contributed by atoms with Gasteiger partial charge in [0.2, 0.25) is 0 Å². The summed E-state index contributed by atoms with van der Waals surface area (Å²) < 4.78 is 11.0. The van der Waals surface area contributed by atoms with Crippen molar-refractivity contribution in [3.63, 3.8) is 0 Å². The highest BCUT2D eigenvalue weighted by molar-refractivity contribution is 8.18. The number of ether oxygens (including phenoxy) is 2. The van der Waals surface area contributed by atoms with Gasteiger partial charge in [-0.05, 0) is 59.8 Å². The molecule has 0 spiro atoms. The average Bonchev–Trinajstić information content (AvgIpc) is 2.96. The van der Waals surface area contributed by atoms with Crippen LogP contribution in [0.4, 0.5) is 4.79 Å². The standard InChI is InChI=1S/C21H18ClNO4S/c1-2-12-26-17-7-3-15(4-8-17)14-19-20(24)23(21(25)28-19)11-13-27-18-9-5-16(22)6-10-18/h2-10,14H,1,11-13H2/b19-14-. The van der Waals surface area contributed by atoms with Crippen LogP contribution in [-0.4, -0.2) is 35.8 Å². The molecule has 3 rings (SSSR count). The first-order valence-electron chi connectivity index (χ1n) is 8.54. The third kappa shape index (κ3) is 5.18. The molecule has 0 bridgehead atoms. The van der Waals surface area contributed by atoms with Gasteiger partial charge in [0.25, 0.3) is 11.1 Å². The Bertz CT molecular complexity index is 894.